The number of hydrogen-bond acceptors (Lipinski definition) is 5. The third kappa shape index (κ3) is 2.58. The molecule has 1 N–H and O–H groups in total. The van der Waals surface area contributed by atoms with Gasteiger partial charge in [0.2, 0.25) is 0 Å². The predicted octanol–water partition coefficient (Wildman–Crippen LogP) is 6.17. The molecule has 0 radical (unpaired) electrons. The number of hydrogen-bond donors (Lipinski definition) is 1. The van der Waals surface area contributed by atoms with Gasteiger partial charge in [0.1, 0.15) is 11.5 Å². The smallest absolute Gasteiger partial charge is 0.279 e. The normalized spacial score (nSPS) is 27.3. The first kappa shape index (κ1) is 18.1. The fourth-order valence-electron chi connectivity index (χ4n) is 5.95. The van der Waals surface area contributed by atoms with Crippen molar-refractivity contribution in [3.05, 3.63) is 59.4 Å². The number of aliphatic hydroxyl groups excluding tert-OH is 1. The summed E-state index contributed by atoms with van der Waals surface area (Å²) in [6.07, 6.45) is 4.15. The second kappa shape index (κ2) is 6.67. The molecule has 3 aromatic rings. The number of aryl methyl sites for hydroxylation is 1. The summed E-state index contributed by atoms with van der Waals surface area (Å²) in [7, 11) is 0. The van der Waals surface area contributed by atoms with Gasteiger partial charge < -0.3 is 9.84 Å². The van der Waals surface area contributed by atoms with E-state index in [1.165, 1.54) is 11.3 Å². The van der Waals surface area contributed by atoms with Crippen molar-refractivity contribution in [2.24, 2.45) is 23.7 Å². The van der Waals surface area contributed by atoms with Gasteiger partial charge in [-0.15, -0.1) is 0 Å². The molecule has 2 aromatic carbocycles. The molecule has 2 bridgehead atoms. The number of rotatable bonds is 4. The highest BCUT2D eigenvalue weighted by molar-refractivity contribution is 7.20. The number of ether oxygens (including phenoxy) is 1. The minimum absolute atomic E-state index is 0.0164. The zero-order chi connectivity index (χ0) is 20.4. The van der Waals surface area contributed by atoms with E-state index in [1.54, 1.807) is 0 Å². The Labute approximate surface area is 179 Å². The molecule has 3 aliphatic carbocycles. The maximum atomic E-state index is 13.4. The van der Waals surface area contributed by atoms with Crippen LogP contribution in [-0.2, 0) is 11.2 Å². The number of nitrogens with zero attached hydrogens (tertiary/aromatic N) is 1. The van der Waals surface area contributed by atoms with Gasteiger partial charge in [0.15, 0.2) is 5.78 Å². The minimum atomic E-state index is -0.0164. The van der Waals surface area contributed by atoms with E-state index < -0.39 is 0 Å². The Morgan fingerprint density at radius 3 is 2.70 bits per heavy atom. The van der Waals surface area contributed by atoms with Crippen LogP contribution < -0.4 is 4.74 Å². The number of Topliss-reactive ketones (excluding diaryl/α,β-unsaturated/α-hetero) is 1. The van der Waals surface area contributed by atoms with Crippen molar-refractivity contribution >= 4 is 32.9 Å². The van der Waals surface area contributed by atoms with Gasteiger partial charge in [0.05, 0.1) is 15.8 Å². The summed E-state index contributed by atoms with van der Waals surface area (Å²) in [6.45, 7) is 2.08. The summed E-state index contributed by atoms with van der Waals surface area (Å²) >= 11 is 1.50. The lowest BCUT2D eigenvalue weighted by Gasteiger charge is -2.23. The number of ketones is 1. The first-order valence-electron chi connectivity index (χ1n) is 10.8. The van der Waals surface area contributed by atoms with E-state index in [0.29, 0.717) is 34.1 Å². The maximum absolute atomic E-state index is 13.4. The number of fused-ring (bicyclic) bond motifs is 6. The molecule has 4 nitrogen and oxygen atoms in total. The van der Waals surface area contributed by atoms with Gasteiger partial charge in [-0.2, -0.15) is 0 Å². The van der Waals surface area contributed by atoms with Gasteiger partial charge in [-0.05, 0) is 72.9 Å². The fourth-order valence-corrected chi connectivity index (χ4v) is 6.78. The molecule has 1 heterocycles. The van der Waals surface area contributed by atoms with Crippen LogP contribution in [0.15, 0.2) is 48.2 Å². The topological polar surface area (TPSA) is 59.4 Å². The quantitative estimate of drug-likeness (QED) is 0.552. The van der Waals surface area contributed by atoms with Gasteiger partial charge in [-0.1, -0.05) is 36.5 Å². The molecular weight excluding hydrogens is 394 g/mol. The van der Waals surface area contributed by atoms with Crippen molar-refractivity contribution in [2.75, 3.05) is 0 Å². The van der Waals surface area contributed by atoms with E-state index in [1.807, 2.05) is 42.5 Å². The Balaban J connectivity index is 1.39. The first-order valence-corrected chi connectivity index (χ1v) is 11.6. The minimum Gasteiger partial charge on any atom is -0.511 e. The third-order valence-corrected chi connectivity index (χ3v) is 8.16. The number of benzene rings is 2. The molecule has 5 heteroatoms. The van der Waals surface area contributed by atoms with Crippen LogP contribution >= 0.6 is 11.3 Å². The zero-order valence-corrected chi connectivity index (χ0v) is 17.6. The molecule has 0 saturated heterocycles. The standard InChI is InChI=1S/C25H23NO3S/c1-2-13-9-10-16(29-25-26-18-5-3-4-6-19(18)30-25)12-17(13)22-23(27)20-14-7-8-15(11-14)21(20)24(22)28/h3-6,9-10,12,14-15,20-21,27H,2,7-8,11H2,1H3/t14-,15+,20-,21?/m1/s1. The van der Waals surface area contributed by atoms with E-state index >= 15 is 0 Å². The van der Waals surface area contributed by atoms with Gasteiger partial charge >= 0.3 is 0 Å². The van der Waals surface area contributed by atoms with E-state index in [-0.39, 0.29) is 17.6 Å². The second-order valence-electron chi connectivity index (χ2n) is 8.73. The predicted molar refractivity (Wildman–Crippen MR) is 118 cm³/mol. The van der Waals surface area contributed by atoms with Crippen molar-refractivity contribution in [1.82, 2.24) is 4.98 Å². The number of allylic oxidation sites excluding steroid dienone is 2. The Kier molecular flexibility index (Phi) is 4.03. The fraction of sp³-hybridized carbons (Fsp3) is 0.360. The van der Waals surface area contributed by atoms with Crippen molar-refractivity contribution in [3.63, 3.8) is 0 Å². The Bertz CT molecular complexity index is 1180. The van der Waals surface area contributed by atoms with Crippen molar-refractivity contribution in [2.45, 2.75) is 32.6 Å². The summed E-state index contributed by atoms with van der Waals surface area (Å²) in [4.78, 5) is 17.9. The summed E-state index contributed by atoms with van der Waals surface area (Å²) in [6, 6.07) is 13.8. The van der Waals surface area contributed by atoms with Crippen LogP contribution in [0.3, 0.4) is 0 Å². The highest BCUT2D eigenvalue weighted by Gasteiger charge is 2.57. The number of carbonyl (C=O) groups excluding carboxylic acids is 1. The lowest BCUT2D eigenvalue weighted by atomic mass is 9.80. The summed E-state index contributed by atoms with van der Waals surface area (Å²) < 4.78 is 7.15. The summed E-state index contributed by atoms with van der Waals surface area (Å²) in [5.74, 6) is 2.03. The maximum Gasteiger partial charge on any atom is 0.279 e. The third-order valence-electron chi connectivity index (χ3n) is 7.25. The molecule has 4 atom stereocenters. The molecule has 0 amide bonds. The van der Waals surface area contributed by atoms with Crippen LogP contribution in [0.2, 0.25) is 0 Å². The van der Waals surface area contributed by atoms with E-state index in [4.69, 9.17) is 4.74 Å². The van der Waals surface area contributed by atoms with Crippen LogP contribution in [0.25, 0.3) is 15.8 Å². The van der Waals surface area contributed by atoms with Crippen LogP contribution in [-0.4, -0.2) is 15.9 Å². The molecule has 1 aromatic heterocycles. The van der Waals surface area contributed by atoms with E-state index in [9.17, 15) is 9.90 Å². The highest BCUT2D eigenvalue weighted by atomic mass is 32.1. The monoisotopic (exact) mass is 417 g/mol. The second-order valence-corrected chi connectivity index (χ2v) is 9.72. The number of carbonyl (C=O) groups is 1. The summed E-state index contributed by atoms with van der Waals surface area (Å²) in [5, 5.41) is 11.7. The molecule has 152 valence electrons. The first-order chi connectivity index (χ1) is 14.6. The molecule has 3 aliphatic rings. The molecule has 0 aliphatic heterocycles. The van der Waals surface area contributed by atoms with Gasteiger partial charge in [0, 0.05) is 11.8 Å². The van der Waals surface area contributed by atoms with Crippen LogP contribution in [0.4, 0.5) is 0 Å². The average Bonchev–Trinajstić information content (AvgIpc) is 3.51. The average molecular weight is 418 g/mol. The number of thiazole rings is 1. The molecular formula is C25H23NO3S. The van der Waals surface area contributed by atoms with Gasteiger partial charge in [-0.25, -0.2) is 4.98 Å². The molecule has 0 spiro atoms. The highest BCUT2D eigenvalue weighted by Crippen LogP contribution is 2.60. The van der Waals surface area contributed by atoms with Crippen LogP contribution in [0.5, 0.6) is 10.9 Å². The Morgan fingerprint density at radius 1 is 1.13 bits per heavy atom. The van der Waals surface area contributed by atoms with Crippen LogP contribution in [0, 0.1) is 23.7 Å². The van der Waals surface area contributed by atoms with Gasteiger partial charge in [0.25, 0.3) is 5.19 Å². The molecule has 1 unspecified atom stereocenters. The van der Waals surface area contributed by atoms with Crippen molar-refractivity contribution < 1.29 is 14.6 Å². The lowest BCUT2D eigenvalue weighted by Crippen LogP contribution is -2.24. The van der Waals surface area contributed by atoms with Crippen molar-refractivity contribution in [1.29, 1.82) is 0 Å². The van der Waals surface area contributed by atoms with Crippen molar-refractivity contribution in [3.8, 4) is 10.9 Å². The largest absolute Gasteiger partial charge is 0.511 e. The number of aromatic nitrogens is 1. The molecule has 2 fully saturated rings. The molecule has 30 heavy (non-hydrogen) atoms. The number of aliphatic hydroxyl groups is 1. The zero-order valence-electron chi connectivity index (χ0n) is 16.8. The van der Waals surface area contributed by atoms with Crippen LogP contribution in [0.1, 0.15) is 37.3 Å². The Hall–Kier alpha value is -2.66. The SMILES string of the molecule is CCc1ccc(Oc2nc3ccccc3s2)cc1C1=C(O)[C@H]2C(C1=O)[C@H]1CC[C@@H]2C1. The van der Waals surface area contributed by atoms with E-state index in [2.05, 4.69) is 11.9 Å². The van der Waals surface area contributed by atoms with E-state index in [0.717, 1.165) is 47.0 Å². The molecule has 6 rings (SSSR count). The number of para-hydroxylation sites is 1. The molecule has 2 saturated carbocycles. The Morgan fingerprint density at radius 2 is 1.93 bits per heavy atom. The lowest BCUT2D eigenvalue weighted by molar-refractivity contribution is -0.118. The van der Waals surface area contributed by atoms with Gasteiger partial charge in [-0.3, -0.25) is 4.79 Å². The summed E-state index contributed by atoms with van der Waals surface area (Å²) in [5.41, 5.74) is 3.34.